The molecule has 2 aromatic carbocycles. The molecule has 1 aromatic heterocycles. The average Bonchev–Trinajstić information content (AvgIpc) is 3.15. The lowest BCUT2D eigenvalue weighted by Gasteiger charge is -2.36. The van der Waals surface area contributed by atoms with Crippen LogP contribution in [0.4, 0.5) is 28.0 Å². The Morgan fingerprint density at radius 3 is 2.55 bits per heavy atom. The molecule has 1 aliphatic heterocycles. The number of fused-ring (bicyclic) bond motifs is 1. The largest absolute Gasteiger partial charge is 0.416 e. The van der Waals surface area contributed by atoms with Gasteiger partial charge in [0.25, 0.3) is 0 Å². The summed E-state index contributed by atoms with van der Waals surface area (Å²) in [6.07, 6.45) is -3.77. The molecule has 3 aromatic rings. The maximum atomic E-state index is 13.4. The van der Waals surface area contributed by atoms with E-state index in [9.17, 15) is 22.4 Å². The highest BCUT2D eigenvalue weighted by Crippen LogP contribution is 2.39. The molecule has 1 unspecified atom stereocenters. The molecule has 2 heterocycles. The van der Waals surface area contributed by atoms with Crippen LogP contribution in [0.3, 0.4) is 0 Å². The Morgan fingerprint density at radius 2 is 1.86 bits per heavy atom. The van der Waals surface area contributed by atoms with Gasteiger partial charge >= 0.3 is 12.2 Å². The zero-order valence-electron chi connectivity index (χ0n) is 15.0. The van der Waals surface area contributed by atoms with Gasteiger partial charge < -0.3 is 10.2 Å². The molecule has 3 nitrogen and oxygen atoms in total. The zero-order chi connectivity index (χ0) is 20.6. The Kier molecular flexibility index (Phi) is 5.04. The Morgan fingerprint density at radius 1 is 1.10 bits per heavy atom. The number of nitrogens with zero attached hydrogens (tertiary/aromatic N) is 1. The van der Waals surface area contributed by atoms with E-state index in [-0.39, 0.29) is 0 Å². The van der Waals surface area contributed by atoms with Gasteiger partial charge in [0.2, 0.25) is 0 Å². The highest BCUT2D eigenvalue weighted by atomic mass is 32.1. The van der Waals surface area contributed by atoms with Crippen molar-refractivity contribution in [2.75, 3.05) is 11.9 Å². The number of rotatable bonds is 2. The third-order valence-electron chi connectivity index (χ3n) is 4.86. The fourth-order valence-electron chi connectivity index (χ4n) is 3.51. The number of anilines is 1. The smallest absolute Gasteiger partial charge is 0.313 e. The normalized spacial score (nSPS) is 16.4. The Balaban J connectivity index is 1.67. The molecule has 0 aliphatic carbocycles. The highest BCUT2D eigenvalue weighted by molar-refractivity contribution is 7.10. The highest BCUT2D eigenvalue weighted by Gasteiger charge is 2.34. The molecule has 0 fully saturated rings. The number of nitrogens with one attached hydrogen (secondary N) is 1. The molecule has 4 rings (SSSR count). The summed E-state index contributed by atoms with van der Waals surface area (Å²) in [5.74, 6) is -0.471. The lowest BCUT2D eigenvalue weighted by molar-refractivity contribution is -0.137. The summed E-state index contributed by atoms with van der Waals surface area (Å²) in [7, 11) is 0. The standard InChI is InChI=1S/C21H16F4N2OS/c22-15-2-1-3-16(12-15)26-20(28)27-10-8-18-17(9-11-29-18)19(27)13-4-6-14(7-5-13)21(23,24)25/h1-7,9,11-12,19H,8,10H2,(H,26,28). The monoisotopic (exact) mass is 420 g/mol. The van der Waals surface area contributed by atoms with Crippen molar-refractivity contribution in [3.63, 3.8) is 0 Å². The first-order chi connectivity index (χ1) is 13.8. The second kappa shape index (κ2) is 7.51. The first-order valence-corrected chi connectivity index (χ1v) is 9.77. The van der Waals surface area contributed by atoms with Gasteiger partial charge in [-0.1, -0.05) is 18.2 Å². The number of carbonyl (C=O) groups is 1. The first kappa shape index (κ1) is 19.4. The summed E-state index contributed by atoms with van der Waals surface area (Å²) in [6, 6.07) is 11.4. The van der Waals surface area contributed by atoms with Crippen LogP contribution in [0.25, 0.3) is 0 Å². The number of halogens is 4. The Bertz CT molecular complexity index is 1030. The van der Waals surface area contributed by atoms with Gasteiger partial charge in [0.05, 0.1) is 11.6 Å². The Hall–Kier alpha value is -2.87. The molecule has 0 spiro atoms. The molecule has 1 aliphatic rings. The van der Waals surface area contributed by atoms with E-state index in [1.165, 1.54) is 30.3 Å². The quantitative estimate of drug-likeness (QED) is 0.500. The molecule has 0 saturated heterocycles. The van der Waals surface area contributed by atoms with Crippen LogP contribution in [0.2, 0.25) is 0 Å². The van der Waals surface area contributed by atoms with E-state index >= 15 is 0 Å². The summed E-state index contributed by atoms with van der Waals surface area (Å²) in [5.41, 5.74) is 1.07. The van der Waals surface area contributed by atoms with Crippen molar-refractivity contribution in [2.24, 2.45) is 0 Å². The molecule has 0 radical (unpaired) electrons. The maximum Gasteiger partial charge on any atom is 0.416 e. The van der Waals surface area contributed by atoms with Gasteiger partial charge in [-0.25, -0.2) is 9.18 Å². The number of urea groups is 1. The number of hydrogen-bond donors (Lipinski definition) is 1. The molecule has 1 N–H and O–H groups in total. The number of carbonyl (C=O) groups excluding carboxylic acids is 1. The van der Waals surface area contributed by atoms with Gasteiger partial charge in [0.15, 0.2) is 0 Å². The van der Waals surface area contributed by atoms with Crippen molar-refractivity contribution in [1.29, 1.82) is 0 Å². The van der Waals surface area contributed by atoms with Gasteiger partial charge in [-0.05, 0) is 59.3 Å². The molecular weight excluding hydrogens is 404 g/mol. The van der Waals surface area contributed by atoms with Crippen molar-refractivity contribution < 1.29 is 22.4 Å². The van der Waals surface area contributed by atoms with Crippen LogP contribution in [0.5, 0.6) is 0 Å². The number of alkyl halides is 3. The first-order valence-electron chi connectivity index (χ1n) is 8.89. The molecule has 150 valence electrons. The fourth-order valence-corrected chi connectivity index (χ4v) is 4.41. The molecule has 0 bridgehead atoms. The third-order valence-corrected chi connectivity index (χ3v) is 5.85. The lowest BCUT2D eigenvalue weighted by Crippen LogP contribution is -2.42. The Labute approximate surface area is 168 Å². The van der Waals surface area contributed by atoms with Gasteiger partial charge in [-0.15, -0.1) is 11.3 Å². The minimum Gasteiger partial charge on any atom is -0.313 e. The van der Waals surface area contributed by atoms with Crippen molar-refractivity contribution in [3.8, 4) is 0 Å². The van der Waals surface area contributed by atoms with E-state index < -0.39 is 29.6 Å². The van der Waals surface area contributed by atoms with Gasteiger partial charge in [0.1, 0.15) is 5.82 Å². The minimum absolute atomic E-state index is 0.317. The predicted octanol–water partition coefficient (Wildman–Crippen LogP) is 6.09. The number of thiophene rings is 1. The van der Waals surface area contributed by atoms with Crippen LogP contribution >= 0.6 is 11.3 Å². The zero-order valence-corrected chi connectivity index (χ0v) is 15.9. The van der Waals surface area contributed by atoms with E-state index in [0.717, 1.165) is 22.6 Å². The van der Waals surface area contributed by atoms with E-state index in [4.69, 9.17) is 0 Å². The minimum atomic E-state index is -4.42. The molecule has 1 atom stereocenters. The number of benzene rings is 2. The van der Waals surface area contributed by atoms with Crippen molar-refractivity contribution in [2.45, 2.75) is 18.6 Å². The van der Waals surface area contributed by atoms with E-state index in [0.29, 0.717) is 24.2 Å². The van der Waals surface area contributed by atoms with E-state index in [2.05, 4.69) is 5.32 Å². The van der Waals surface area contributed by atoms with Gasteiger partial charge in [0, 0.05) is 17.1 Å². The summed E-state index contributed by atoms with van der Waals surface area (Å²) in [4.78, 5) is 15.6. The molecule has 2 amide bonds. The van der Waals surface area contributed by atoms with Gasteiger partial charge in [-0.2, -0.15) is 13.2 Å². The van der Waals surface area contributed by atoms with Crippen molar-refractivity contribution in [3.05, 3.63) is 87.4 Å². The SMILES string of the molecule is O=C(Nc1cccc(F)c1)N1CCc2sccc2C1c1ccc(C(F)(F)F)cc1. The molecule has 8 heteroatoms. The fraction of sp³-hybridized carbons (Fsp3) is 0.190. The van der Waals surface area contributed by atoms with Crippen molar-refractivity contribution in [1.82, 2.24) is 4.90 Å². The van der Waals surface area contributed by atoms with Crippen LogP contribution in [-0.4, -0.2) is 17.5 Å². The van der Waals surface area contributed by atoms with Crippen LogP contribution in [0.1, 0.15) is 27.6 Å². The van der Waals surface area contributed by atoms with E-state index in [1.807, 2.05) is 11.4 Å². The lowest BCUT2D eigenvalue weighted by atomic mass is 9.93. The molecule has 0 saturated carbocycles. The summed E-state index contributed by atoms with van der Waals surface area (Å²) in [6.45, 7) is 0.403. The van der Waals surface area contributed by atoms with Crippen molar-refractivity contribution >= 4 is 23.1 Å². The van der Waals surface area contributed by atoms with Gasteiger partial charge in [-0.3, -0.25) is 0 Å². The summed E-state index contributed by atoms with van der Waals surface area (Å²) < 4.78 is 52.2. The van der Waals surface area contributed by atoms with Crippen LogP contribution < -0.4 is 5.32 Å². The second-order valence-corrected chi connectivity index (χ2v) is 7.71. The molecular formula is C21H16F4N2OS. The van der Waals surface area contributed by atoms with Crippen LogP contribution in [0.15, 0.2) is 60.0 Å². The van der Waals surface area contributed by atoms with Crippen LogP contribution in [-0.2, 0) is 12.6 Å². The predicted molar refractivity (Wildman–Crippen MR) is 103 cm³/mol. The topological polar surface area (TPSA) is 32.3 Å². The number of hydrogen-bond acceptors (Lipinski definition) is 2. The van der Waals surface area contributed by atoms with Crippen LogP contribution in [0, 0.1) is 5.82 Å². The summed E-state index contributed by atoms with van der Waals surface area (Å²) in [5, 5.41) is 4.59. The summed E-state index contributed by atoms with van der Waals surface area (Å²) >= 11 is 1.56. The maximum absolute atomic E-state index is 13.4. The molecule has 29 heavy (non-hydrogen) atoms. The average molecular weight is 420 g/mol. The third kappa shape index (κ3) is 3.98. The van der Waals surface area contributed by atoms with E-state index in [1.54, 1.807) is 22.3 Å². The number of amides is 2. The second-order valence-electron chi connectivity index (χ2n) is 6.71.